The summed E-state index contributed by atoms with van der Waals surface area (Å²) in [5, 5.41) is 0. The molecule has 14 heavy (non-hydrogen) atoms. The van der Waals surface area contributed by atoms with Gasteiger partial charge in [0.1, 0.15) is 0 Å². The van der Waals surface area contributed by atoms with Crippen LogP contribution in [0.3, 0.4) is 0 Å². The summed E-state index contributed by atoms with van der Waals surface area (Å²) in [6.07, 6.45) is 2.96. The Bertz CT molecular complexity index is 227. The number of pyridine rings is 1. The van der Waals surface area contributed by atoms with Gasteiger partial charge in [0.25, 0.3) is 0 Å². The molecule has 1 rings (SSSR count). The highest BCUT2D eigenvalue weighted by molar-refractivity contribution is 5.12. The molecule has 0 saturated carbocycles. The van der Waals surface area contributed by atoms with Crippen molar-refractivity contribution in [2.45, 2.75) is 27.2 Å². The highest BCUT2D eigenvalue weighted by atomic mass is 15.0. The second kappa shape index (κ2) is 7.51. The molecule has 0 bridgehead atoms. The summed E-state index contributed by atoms with van der Waals surface area (Å²) in [6, 6.07) is 4.21. The summed E-state index contributed by atoms with van der Waals surface area (Å²) < 4.78 is 0. The predicted molar refractivity (Wildman–Crippen MR) is 62.6 cm³/mol. The van der Waals surface area contributed by atoms with E-state index >= 15 is 0 Å². The van der Waals surface area contributed by atoms with E-state index in [1.165, 1.54) is 11.3 Å². The predicted octanol–water partition coefficient (Wildman–Crippen LogP) is 2.52. The maximum Gasteiger partial charge on any atom is 0.0416 e. The largest absolute Gasteiger partial charge is 0.309 e. The van der Waals surface area contributed by atoms with Crippen LogP contribution in [0.2, 0.25) is 0 Å². The van der Waals surface area contributed by atoms with Crippen molar-refractivity contribution in [2.24, 2.45) is 0 Å². The number of hydrogen-bond acceptors (Lipinski definition) is 2. The normalized spacial score (nSPS) is 9.57. The molecule has 0 aliphatic rings. The van der Waals surface area contributed by atoms with Crippen molar-refractivity contribution in [3.63, 3.8) is 0 Å². The summed E-state index contributed by atoms with van der Waals surface area (Å²) in [6.45, 7) is 7.12. The molecular formula is C12H22N2. The van der Waals surface area contributed by atoms with E-state index in [1.807, 2.05) is 20.0 Å². The van der Waals surface area contributed by atoms with Gasteiger partial charge in [-0.2, -0.15) is 0 Å². The van der Waals surface area contributed by atoms with Gasteiger partial charge in [0.05, 0.1) is 0 Å². The molecule has 1 aromatic heterocycles. The topological polar surface area (TPSA) is 16.1 Å². The molecule has 0 unspecified atom stereocenters. The van der Waals surface area contributed by atoms with Gasteiger partial charge in [-0.15, -0.1) is 0 Å². The van der Waals surface area contributed by atoms with Crippen molar-refractivity contribution in [1.29, 1.82) is 0 Å². The quantitative estimate of drug-likeness (QED) is 0.735. The van der Waals surface area contributed by atoms with Gasteiger partial charge in [-0.1, -0.05) is 19.9 Å². The van der Waals surface area contributed by atoms with Crippen LogP contribution in [0.15, 0.2) is 18.3 Å². The third-order valence-corrected chi connectivity index (χ3v) is 1.79. The van der Waals surface area contributed by atoms with Crippen LogP contribution in [0.25, 0.3) is 0 Å². The van der Waals surface area contributed by atoms with E-state index in [0.717, 1.165) is 13.0 Å². The lowest BCUT2D eigenvalue weighted by atomic mass is 10.2. The Labute approximate surface area is 88.0 Å². The number of likely N-dealkylation sites (N-methyl/N-ethyl adjacent to an activating group) is 1. The first-order chi connectivity index (χ1) is 6.68. The van der Waals surface area contributed by atoms with Crippen molar-refractivity contribution in [3.05, 3.63) is 29.6 Å². The Hall–Kier alpha value is -0.890. The van der Waals surface area contributed by atoms with Gasteiger partial charge in [0.15, 0.2) is 0 Å². The van der Waals surface area contributed by atoms with Gasteiger partial charge in [0.2, 0.25) is 0 Å². The zero-order chi connectivity index (χ0) is 11.0. The number of hydrogen-bond donors (Lipinski definition) is 0. The second-order valence-corrected chi connectivity index (χ2v) is 3.38. The van der Waals surface area contributed by atoms with E-state index < -0.39 is 0 Å². The standard InChI is InChI=1S/C10H16N2.C2H6/c1-9-4-5-10(11-8-9)6-7-12(2)3;1-2/h4-5,8H,6-7H2,1-3H3;1-2H3. The van der Waals surface area contributed by atoms with E-state index in [-0.39, 0.29) is 0 Å². The lowest BCUT2D eigenvalue weighted by Gasteiger charge is -2.08. The van der Waals surface area contributed by atoms with Crippen LogP contribution in [0, 0.1) is 6.92 Å². The van der Waals surface area contributed by atoms with Crippen LogP contribution in [0.4, 0.5) is 0 Å². The third-order valence-electron chi connectivity index (χ3n) is 1.79. The monoisotopic (exact) mass is 194 g/mol. The fraction of sp³-hybridized carbons (Fsp3) is 0.583. The Kier molecular flexibility index (Phi) is 7.03. The maximum absolute atomic E-state index is 4.32. The van der Waals surface area contributed by atoms with E-state index in [0.29, 0.717) is 0 Å². The molecule has 0 aliphatic carbocycles. The van der Waals surface area contributed by atoms with Crippen molar-refractivity contribution in [3.8, 4) is 0 Å². The molecule has 0 saturated heterocycles. The number of rotatable bonds is 3. The summed E-state index contributed by atoms with van der Waals surface area (Å²) in [5.74, 6) is 0. The van der Waals surface area contributed by atoms with Crippen LogP contribution in [-0.4, -0.2) is 30.5 Å². The highest BCUT2D eigenvalue weighted by Gasteiger charge is 1.94. The fourth-order valence-electron chi connectivity index (χ4n) is 0.984. The fourth-order valence-corrected chi connectivity index (χ4v) is 0.984. The number of aryl methyl sites for hydroxylation is 1. The molecule has 0 aliphatic heterocycles. The molecule has 80 valence electrons. The van der Waals surface area contributed by atoms with Gasteiger partial charge >= 0.3 is 0 Å². The lowest BCUT2D eigenvalue weighted by Crippen LogP contribution is -2.15. The Morgan fingerprint density at radius 1 is 1.21 bits per heavy atom. The second-order valence-electron chi connectivity index (χ2n) is 3.38. The molecule has 0 spiro atoms. The molecule has 0 atom stereocenters. The van der Waals surface area contributed by atoms with E-state index in [1.54, 1.807) is 0 Å². The minimum atomic E-state index is 1.04. The van der Waals surface area contributed by atoms with Crippen LogP contribution >= 0.6 is 0 Å². The summed E-state index contributed by atoms with van der Waals surface area (Å²) in [5.41, 5.74) is 2.40. The number of nitrogens with zero attached hydrogens (tertiary/aromatic N) is 2. The molecule has 2 nitrogen and oxygen atoms in total. The average Bonchev–Trinajstić information content (AvgIpc) is 2.20. The van der Waals surface area contributed by atoms with Crippen molar-refractivity contribution in [1.82, 2.24) is 9.88 Å². The lowest BCUT2D eigenvalue weighted by molar-refractivity contribution is 0.412. The van der Waals surface area contributed by atoms with E-state index in [9.17, 15) is 0 Å². The van der Waals surface area contributed by atoms with Crippen LogP contribution in [0.1, 0.15) is 25.1 Å². The van der Waals surface area contributed by atoms with Crippen molar-refractivity contribution < 1.29 is 0 Å². The molecule has 2 heteroatoms. The van der Waals surface area contributed by atoms with Gasteiger partial charge in [-0.25, -0.2) is 0 Å². The molecule has 0 amide bonds. The van der Waals surface area contributed by atoms with Crippen LogP contribution in [-0.2, 0) is 6.42 Å². The van der Waals surface area contributed by atoms with Gasteiger partial charge in [0, 0.05) is 24.9 Å². The Morgan fingerprint density at radius 2 is 1.86 bits per heavy atom. The summed E-state index contributed by atoms with van der Waals surface area (Å²) in [7, 11) is 4.16. The summed E-state index contributed by atoms with van der Waals surface area (Å²) >= 11 is 0. The smallest absolute Gasteiger partial charge is 0.0416 e. The van der Waals surface area contributed by atoms with Crippen molar-refractivity contribution in [2.75, 3.05) is 20.6 Å². The molecule has 1 aromatic rings. The average molecular weight is 194 g/mol. The number of aromatic nitrogens is 1. The van der Waals surface area contributed by atoms with Gasteiger partial charge < -0.3 is 4.90 Å². The first-order valence-electron chi connectivity index (χ1n) is 5.25. The first-order valence-corrected chi connectivity index (χ1v) is 5.25. The molecule has 0 radical (unpaired) electrons. The minimum absolute atomic E-state index is 1.04. The van der Waals surface area contributed by atoms with Crippen LogP contribution < -0.4 is 0 Å². The zero-order valence-electron chi connectivity index (χ0n) is 10.0. The maximum atomic E-state index is 4.32. The molecular weight excluding hydrogens is 172 g/mol. The van der Waals surface area contributed by atoms with Crippen molar-refractivity contribution >= 4 is 0 Å². The molecule has 0 N–H and O–H groups in total. The SMILES string of the molecule is CC.Cc1ccc(CCN(C)C)nc1. The molecule has 0 fully saturated rings. The molecule has 0 aromatic carbocycles. The minimum Gasteiger partial charge on any atom is -0.309 e. The van der Waals surface area contributed by atoms with Crippen LogP contribution in [0.5, 0.6) is 0 Å². The molecule has 1 heterocycles. The third kappa shape index (κ3) is 5.70. The Morgan fingerprint density at radius 3 is 2.29 bits per heavy atom. The van der Waals surface area contributed by atoms with Gasteiger partial charge in [-0.05, 0) is 32.6 Å². The first kappa shape index (κ1) is 13.1. The van der Waals surface area contributed by atoms with Gasteiger partial charge in [-0.3, -0.25) is 4.98 Å². The summed E-state index contributed by atoms with van der Waals surface area (Å²) in [4.78, 5) is 6.49. The zero-order valence-corrected chi connectivity index (χ0v) is 10.0. The highest BCUT2D eigenvalue weighted by Crippen LogP contribution is 1.99. The van der Waals surface area contributed by atoms with E-state index in [2.05, 4.69) is 43.0 Å². The Balaban J connectivity index is 0.000000791. The van der Waals surface area contributed by atoms with E-state index in [4.69, 9.17) is 0 Å².